The van der Waals surface area contributed by atoms with Crippen LogP contribution < -0.4 is 10.2 Å². The molecule has 2 aliphatic rings. The minimum absolute atomic E-state index is 0.00337. The zero-order valence-corrected chi connectivity index (χ0v) is 22.3. The van der Waals surface area contributed by atoms with Crippen LogP contribution >= 0.6 is 0 Å². The number of aromatic nitrogens is 1. The van der Waals surface area contributed by atoms with E-state index in [9.17, 15) is 14.7 Å². The van der Waals surface area contributed by atoms with E-state index in [1.807, 2.05) is 28.9 Å². The number of rotatable bonds is 8. The molecule has 2 saturated heterocycles. The van der Waals surface area contributed by atoms with Crippen LogP contribution in [0.3, 0.4) is 0 Å². The largest absolute Gasteiger partial charge is 0.396 e. The fourth-order valence-electron chi connectivity index (χ4n) is 4.95. The Bertz CT molecular complexity index is 1040. The highest BCUT2D eigenvalue weighted by atomic mass is 16.3. The molecule has 1 aromatic carbocycles. The van der Waals surface area contributed by atoms with E-state index >= 15 is 0 Å². The van der Waals surface area contributed by atoms with Gasteiger partial charge in [-0.15, -0.1) is 0 Å². The third-order valence-corrected chi connectivity index (χ3v) is 7.02. The van der Waals surface area contributed by atoms with Crippen molar-refractivity contribution in [3.05, 3.63) is 53.7 Å². The highest BCUT2D eigenvalue weighted by Crippen LogP contribution is 2.25. The second-order valence-corrected chi connectivity index (χ2v) is 10.4. The van der Waals surface area contributed by atoms with E-state index < -0.39 is 0 Å². The molecule has 9 nitrogen and oxygen atoms in total. The van der Waals surface area contributed by atoms with Gasteiger partial charge >= 0.3 is 0 Å². The number of carbonyl (C=O) groups is 2. The first kappa shape index (κ1) is 26.9. The third kappa shape index (κ3) is 6.78. The molecule has 2 aliphatic heterocycles. The van der Waals surface area contributed by atoms with Crippen molar-refractivity contribution in [3.63, 3.8) is 0 Å². The van der Waals surface area contributed by atoms with Crippen LogP contribution in [-0.4, -0.2) is 108 Å². The van der Waals surface area contributed by atoms with Gasteiger partial charge in [-0.05, 0) is 56.2 Å². The highest BCUT2D eigenvalue weighted by Gasteiger charge is 2.26. The van der Waals surface area contributed by atoms with E-state index in [1.165, 1.54) is 0 Å². The summed E-state index contributed by atoms with van der Waals surface area (Å²) in [5, 5.41) is 12.7. The summed E-state index contributed by atoms with van der Waals surface area (Å²) in [6.45, 7) is 12.9. The van der Waals surface area contributed by atoms with Crippen LogP contribution in [-0.2, 0) is 0 Å². The van der Waals surface area contributed by atoms with Crippen molar-refractivity contribution in [1.29, 1.82) is 0 Å². The summed E-state index contributed by atoms with van der Waals surface area (Å²) in [4.78, 5) is 39.0. The molecule has 2 fully saturated rings. The maximum absolute atomic E-state index is 13.1. The van der Waals surface area contributed by atoms with Gasteiger partial charge in [0.05, 0.1) is 5.69 Å². The van der Waals surface area contributed by atoms with E-state index in [-0.39, 0.29) is 24.3 Å². The lowest BCUT2D eigenvalue weighted by atomic mass is 10.1. The maximum Gasteiger partial charge on any atom is 0.253 e. The molecule has 0 saturated carbocycles. The third-order valence-electron chi connectivity index (χ3n) is 7.02. The topological polar surface area (TPSA) is 92.2 Å². The number of pyridine rings is 1. The van der Waals surface area contributed by atoms with E-state index in [1.54, 1.807) is 30.5 Å². The minimum atomic E-state index is -0.00758. The normalized spacial score (nSPS) is 17.7. The Morgan fingerprint density at radius 1 is 0.865 bits per heavy atom. The standard InChI is InChI=1S/C28H40N6O3/c1-21(2)30-25-5-4-10-29-26(25)32-15-17-34(18-16-32)28(37)24-8-6-23(7-9-24)27(36)33-13-11-31(12-14-33)19-22(3)20-35/h4-10,21-22,30,35H,11-20H2,1-3H3/t22-/m1/s1. The van der Waals surface area contributed by atoms with Crippen LogP contribution in [0.2, 0.25) is 0 Å². The summed E-state index contributed by atoms with van der Waals surface area (Å²) in [5.74, 6) is 1.16. The predicted molar refractivity (Wildman–Crippen MR) is 146 cm³/mol. The van der Waals surface area contributed by atoms with Gasteiger partial charge in [0.15, 0.2) is 5.82 Å². The van der Waals surface area contributed by atoms with Crippen molar-refractivity contribution in [2.24, 2.45) is 5.92 Å². The zero-order valence-electron chi connectivity index (χ0n) is 22.3. The number of nitrogens with one attached hydrogen (secondary N) is 1. The quantitative estimate of drug-likeness (QED) is 0.565. The monoisotopic (exact) mass is 508 g/mol. The smallest absolute Gasteiger partial charge is 0.253 e. The summed E-state index contributed by atoms with van der Waals surface area (Å²) >= 11 is 0. The molecule has 2 aromatic rings. The number of hydrogen-bond acceptors (Lipinski definition) is 7. The number of carbonyl (C=O) groups excluding carboxylic acids is 2. The van der Waals surface area contributed by atoms with E-state index in [0.29, 0.717) is 43.3 Å². The number of hydrogen-bond donors (Lipinski definition) is 2. The van der Waals surface area contributed by atoms with Crippen molar-refractivity contribution >= 4 is 23.3 Å². The Labute approximate surface area is 220 Å². The fourth-order valence-corrected chi connectivity index (χ4v) is 4.95. The van der Waals surface area contributed by atoms with Crippen LogP contribution in [0.5, 0.6) is 0 Å². The Balaban J connectivity index is 1.30. The summed E-state index contributed by atoms with van der Waals surface area (Å²) in [6, 6.07) is 11.4. The average molecular weight is 509 g/mol. The molecular weight excluding hydrogens is 468 g/mol. The summed E-state index contributed by atoms with van der Waals surface area (Å²) in [7, 11) is 0. The predicted octanol–water partition coefficient (Wildman–Crippen LogP) is 2.25. The first-order chi connectivity index (χ1) is 17.9. The Kier molecular flexibility index (Phi) is 9.00. The summed E-state index contributed by atoms with van der Waals surface area (Å²) in [5.41, 5.74) is 2.23. The zero-order chi connectivity index (χ0) is 26.4. The highest BCUT2D eigenvalue weighted by molar-refractivity contribution is 5.98. The van der Waals surface area contributed by atoms with Gasteiger partial charge in [0.25, 0.3) is 11.8 Å². The van der Waals surface area contributed by atoms with Crippen molar-refractivity contribution in [1.82, 2.24) is 19.7 Å². The number of piperazine rings is 2. The first-order valence-corrected chi connectivity index (χ1v) is 13.3. The molecule has 0 bridgehead atoms. The Hall–Kier alpha value is -3.17. The van der Waals surface area contributed by atoms with Crippen LogP contribution in [0.1, 0.15) is 41.5 Å². The second-order valence-electron chi connectivity index (χ2n) is 10.4. The Morgan fingerprint density at radius 3 is 1.92 bits per heavy atom. The molecule has 0 unspecified atom stereocenters. The second kappa shape index (κ2) is 12.4. The van der Waals surface area contributed by atoms with Gasteiger partial charge in [-0.25, -0.2) is 4.98 Å². The van der Waals surface area contributed by atoms with Gasteiger partial charge in [-0.1, -0.05) is 6.92 Å². The Morgan fingerprint density at radius 2 is 1.41 bits per heavy atom. The van der Waals surface area contributed by atoms with Crippen molar-refractivity contribution < 1.29 is 14.7 Å². The number of benzene rings is 1. The van der Waals surface area contributed by atoms with Gasteiger partial charge in [0.1, 0.15) is 0 Å². The number of aliphatic hydroxyl groups excluding tert-OH is 1. The van der Waals surface area contributed by atoms with E-state index in [4.69, 9.17) is 0 Å². The molecule has 2 amide bonds. The molecular formula is C28H40N6O3. The van der Waals surface area contributed by atoms with Crippen LogP contribution in [0, 0.1) is 5.92 Å². The molecule has 37 heavy (non-hydrogen) atoms. The molecule has 9 heteroatoms. The van der Waals surface area contributed by atoms with Crippen molar-refractivity contribution in [2.45, 2.75) is 26.8 Å². The van der Waals surface area contributed by atoms with Gasteiger partial charge in [0, 0.05) is 88.9 Å². The molecule has 1 aromatic heterocycles. The van der Waals surface area contributed by atoms with E-state index in [2.05, 4.69) is 33.9 Å². The van der Waals surface area contributed by atoms with Gasteiger partial charge in [0.2, 0.25) is 0 Å². The van der Waals surface area contributed by atoms with Crippen LogP contribution in [0.4, 0.5) is 11.5 Å². The molecule has 0 radical (unpaired) electrons. The first-order valence-electron chi connectivity index (χ1n) is 13.3. The van der Waals surface area contributed by atoms with Crippen LogP contribution in [0.25, 0.3) is 0 Å². The average Bonchev–Trinajstić information content (AvgIpc) is 2.93. The number of aliphatic hydroxyl groups is 1. The van der Waals surface area contributed by atoms with E-state index in [0.717, 1.165) is 44.2 Å². The van der Waals surface area contributed by atoms with Crippen LogP contribution in [0.15, 0.2) is 42.6 Å². The van der Waals surface area contributed by atoms with Gasteiger partial charge < -0.3 is 25.1 Å². The number of amides is 2. The lowest BCUT2D eigenvalue weighted by Gasteiger charge is -2.36. The van der Waals surface area contributed by atoms with Gasteiger partial charge in [-0.2, -0.15) is 0 Å². The molecule has 200 valence electrons. The molecule has 3 heterocycles. The van der Waals surface area contributed by atoms with Gasteiger partial charge in [-0.3, -0.25) is 14.5 Å². The molecule has 2 N–H and O–H groups in total. The maximum atomic E-state index is 13.1. The molecule has 1 atom stereocenters. The SMILES string of the molecule is CC(C)Nc1cccnc1N1CCN(C(=O)c2ccc(C(=O)N3CCN(C[C@@H](C)CO)CC3)cc2)CC1. The molecule has 0 aliphatic carbocycles. The minimum Gasteiger partial charge on any atom is -0.396 e. The van der Waals surface area contributed by atoms with Crippen molar-refractivity contribution in [2.75, 3.05) is 75.7 Å². The molecule has 0 spiro atoms. The van der Waals surface area contributed by atoms with Crippen molar-refractivity contribution in [3.8, 4) is 0 Å². The summed E-state index contributed by atoms with van der Waals surface area (Å²) in [6.07, 6.45) is 1.80. The lowest BCUT2D eigenvalue weighted by Crippen LogP contribution is -2.50. The number of nitrogens with zero attached hydrogens (tertiary/aromatic N) is 5. The molecule has 4 rings (SSSR count). The number of anilines is 2. The fraction of sp³-hybridized carbons (Fsp3) is 0.536. The lowest BCUT2D eigenvalue weighted by molar-refractivity contribution is 0.0601. The summed E-state index contributed by atoms with van der Waals surface area (Å²) < 4.78 is 0.